The van der Waals surface area contributed by atoms with E-state index in [9.17, 15) is 0 Å². The Hall–Kier alpha value is -1.51. The summed E-state index contributed by atoms with van der Waals surface area (Å²) in [6.45, 7) is 2.05. The zero-order valence-electron chi connectivity index (χ0n) is 11.7. The third kappa shape index (κ3) is 3.09. The van der Waals surface area contributed by atoms with Crippen LogP contribution >= 0.6 is 0 Å². The predicted molar refractivity (Wildman–Crippen MR) is 79.4 cm³/mol. The van der Waals surface area contributed by atoms with Gasteiger partial charge in [0.25, 0.3) is 0 Å². The first kappa shape index (κ1) is 12.5. The van der Waals surface area contributed by atoms with E-state index in [0.717, 1.165) is 25.0 Å². The van der Waals surface area contributed by atoms with E-state index in [1.54, 1.807) is 0 Å². The van der Waals surface area contributed by atoms with Gasteiger partial charge in [0.15, 0.2) is 5.96 Å². The van der Waals surface area contributed by atoms with E-state index in [4.69, 9.17) is 0 Å². The van der Waals surface area contributed by atoms with E-state index in [2.05, 4.69) is 46.0 Å². The van der Waals surface area contributed by atoms with Crippen LogP contribution in [-0.4, -0.2) is 26.1 Å². The summed E-state index contributed by atoms with van der Waals surface area (Å²) in [5, 5.41) is 6.91. The second-order valence-electron chi connectivity index (χ2n) is 5.90. The van der Waals surface area contributed by atoms with Crippen molar-refractivity contribution in [2.24, 2.45) is 10.9 Å². The van der Waals surface area contributed by atoms with Crippen molar-refractivity contribution >= 4 is 5.96 Å². The van der Waals surface area contributed by atoms with Gasteiger partial charge in [-0.15, -0.1) is 0 Å². The van der Waals surface area contributed by atoms with Gasteiger partial charge in [0.2, 0.25) is 0 Å². The normalized spacial score (nSPS) is 21.0. The number of nitrogens with one attached hydrogen (secondary N) is 2. The number of rotatable bonds is 5. The van der Waals surface area contributed by atoms with Crippen LogP contribution < -0.4 is 10.6 Å². The van der Waals surface area contributed by atoms with E-state index in [-0.39, 0.29) is 0 Å². The van der Waals surface area contributed by atoms with Gasteiger partial charge in [0, 0.05) is 25.6 Å². The third-order valence-electron chi connectivity index (χ3n) is 4.31. The van der Waals surface area contributed by atoms with Gasteiger partial charge in [-0.25, -0.2) is 0 Å². The Bertz CT molecular complexity index is 444. The second-order valence-corrected chi connectivity index (χ2v) is 5.90. The quantitative estimate of drug-likeness (QED) is 0.627. The summed E-state index contributed by atoms with van der Waals surface area (Å²) >= 11 is 0. The third-order valence-corrected chi connectivity index (χ3v) is 4.31. The molecule has 0 amide bonds. The molecular formula is C16H23N3. The molecule has 0 unspecified atom stereocenters. The molecule has 2 fully saturated rings. The van der Waals surface area contributed by atoms with Crippen LogP contribution in [0.4, 0.5) is 0 Å². The fourth-order valence-electron chi connectivity index (χ4n) is 2.55. The maximum atomic E-state index is 4.31. The van der Waals surface area contributed by atoms with Gasteiger partial charge < -0.3 is 10.6 Å². The van der Waals surface area contributed by atoms with Crippen molar-refractivity contribution in [3.05, 3.63) is 35.9 Å². The molecule has 1 aromatic rings. The molecule has 2 saturated carbocycles. The summed E-state index contributed by atoms with van der Waals surface area (Å²) in [6, 6.07) is 10.8. The summed E-state index contributed by atoms with van der Waals surface area (Å²) in [5.41, 5.74) is 1.80. The molecule has 3 heteroatoms. The largest absolute Gasteiger partial charge is 0.356 e. The van der Waals surface area contributed by atoms with Crippen LogP contribution in [-0.2, 0) is 5.41 Å². The minimum Gasteiger partial charge on any atom is -0.356 e. The van der Waals surface area contributed by atoms with E-state index >= 15 is 0 Å². The lowest BCUT2D eigenvalue weighted by Gasteiger charge is -2.19. The van der Waals surface area contributed by atoms with Crippen LogP contribution in [0.15, 0.2) is 35.3 Å². The van der Waals surface area contributed by atoms with E-state index in [1.165, 1.54) is 31.2 Å². The SMILES string of the molecule is CN=C(NCC1CC1)NCC1(c2ccccc2)CC1. The maximum absolute atomic E-state index is 4.31. The molecule has 2 N–H and O–H groups in total. The zero-order chi connectivity index (χ0) is 13.1. The summed E-state index contributed by atoms with van der Waals surface area (Å²) in [7, 11) is 1.85. The maximum Gasteiger partial charge on any atom is 0.191 e. The molecule has 0 bridgehead atoms. The Labute approximate surface area is 115 Å². The fraction of sp³-hybridized carbons (Fsp3) is 0.562. The average molecular weight is 257 g/mol. The minimum atomic E-state index is 0.346. The van der Waals surface area contributed by atoms with Crippen LogP contribution in [0.5, 0.6) is 0 Å². The average Bonchev–Trinajstić information content (AvgIpc) is 3.35. The Morgan fingerprint density at radius 1 is 1.21 bits per heavy atom. The van der Waals surface area contributed by atoms with Gasteiger partial charge in [-0.1, -0.05) is 30.3 Å². The number of hydrogen-bond donors (Lipinski definition) is 2. The van der Waals surface area contributed by atoms with Crippen LogP contribution in [0.2, 0.25) is 0 Å². The van der Waals surface area contributed by atoms with Gasteiger partial charge in [-0.05, 0) is 37.2 Å². The van der Waals surface area contributed by atoms with Crippen molar-refractivity contribution in [3.63, 3.8) is 0 Å². The summed E-state index contributed by atoms with van der Waals surface area (Å²) in [6.07, 6.45) is 5.31. The predicted octanol–water partition coefficient (Wildman–Crippen LogP) is 2.29. The molecule has 0 radical (unpaired) electrons. The van der Waals surface area contributed by atoms with Gasteiger partial charge in [0.1, 0.15) is 0 Å². The Morgan fingerprint density at radius 2 is 1.95 bits per heavy atom. The fourth-order valence-corrected chi connectivity index (χ4v) is 2.55. The van der Waals surface area contributed by atoms with E-state index < -0.39 is 0 Å². The number of nitrogens with zero attached hydrogens (tertiary/aromatic N) is 1. The second kappa shape index (κ2) is 5.24. The number of benzene rings is 1. The Balaban J connectivity index is 1.53. The van der Waals surface area contributed by atoms with Gasteiger partial charge in [-0.2, -0.15) is 0 Å². The molecule has 2 aliphatic rings. The van der Waals surface area contributed by atoms with Gasteiger partial charge >= 0.3 is 0 Å². The summed E-state index contributed by atoms with van der Waals surface area (Å²) < 4.78 is 0. The smallest absolute Gasteiger partial charge is 0.191 e. The molecule has 0 spiro atoms. The Morgan fingerprint density at radius 3 is 2.53 bits per heavy atom. The van der Waals surface area contributed by atoms with Crippen LogP contribution in [0.25, 0.3) is 0 Å². The molecule has 0 aliphatic heterocycles. The highest BCUT2D eigenvalue weighted by molar-refractivity contribution is 5.79. The number of hydrogen-bond acceptors (Lipinski definition) is 1. The van der Waals surface area contributed by atoms with Crippen LogP contribution in [0.3, 0.4) is 0 Å². The summed E-state index contributed by atoms with van der Waals surface area (Å²) in [5.74, 6) is 1.83. The molecule has 102 valence electrons. The Kier molecular flexibility index (Phi) is 3.45. The van der Waals surface area contributed by atoms with Crippen molar-refractivity contribution in [1.82, 2.24) is 10.6 Å². The molecule has 1 aromatic carbocycles. The highest BCUT2D eigenvalue weighted by atomic mass is 15.2. The van der Waals surface area contributed by atoms with Gasteiger partial charge in [-0.3, -0.25) is 4.99 Å². The van der Waals surface area contributed by atoms with Crippen LogP contribution in [0, 0.1) is 5.92 Å². The van der Waals surface area contributed by atoms with Crippen molar-refractivity contribution in [1.29, 1.82) is 0 Å². The molecule has 0 aromatic heterocycles. The van der Waals surface area contributed by atoms with Crippen molar-refractivity contribution < 1.29 is 0 Å². The number of guanidine groups is 1. The van der Waals surface area contributed by atoms with Crippen molar-refractivity contribution in [3.8, 4) is 0 Å². The molecular weight excluding hydrogens is 234 g/mol. The topological polar surface area (TPSA) is 36.4 Å². The van der Waals surface area contributed by atoms with E-state index in [0.29, 0.717) is 5.41 Å². The minimum absolute atomic E-state index is 0.346. The zero-order valence-corrected chi connectivity index (χ0v) is 11.7. The molecule has 3 rings (SSSR count). The lowest BCUT2D eigenvalue weighted by Crippen LogP contribution is -2.41. The lowest BCUT2D eigenvalue weighted by molar-refractivity contribution is 0.640. The van der Waals surface area contributed by atoms with Crippen molar-refractivity contribution in [2.75, 3.05) is 20.1 Å². The monoisotopic (exact) mass is 257 g/mol. The lowest BCUT2D eigenvalue weighted by atomic mass is 9.96. The molecule has 0 atom stereocenters. The molecule has 19 heavy (non-hydrogen) atoms. The first-order valence-electron chi connectivity index (χ1n) is 7.32. The molecule has 0 heterocycles. The molecule has 3 nitrogen and oxygen atoms in total. The first-order chi connectivity index (χ1) is 9.32. The summed E-state index contributed by atoms with van der Waals surface area (Å²) in [4.78, 5) is 4.31. The highest BCUT2D eigenvalue weighted by Gasteiger charge is 2.44. The van der Waals surface area contributed by atoms with E-state index in [1.807, 2.05) is 7.05 Å². The van der Waals surface area contributed by atoms with Gasteiger partial charge in [0.05, 0.1) is 0 Å². The van der Waals surface area contributed by atoms with Crippen LogP contribution in [0.1, 0.15) is 31.2 Å². The van der Waals surface area contributed by atoms with Crippen molar-refractivity contribution in [2.45, 2.75) is 31.1 Å². The molecule has 0 saturated heterocycles. The standard InChI is InChI=1S/C16H23N3/c1-17-15(18-11-13-7-8-13)19-12-16(9-10-16)14-5-3-2-4-6-14/h2-6,13H,7-12H2,1H3,(H2,17,18,19). The molecule has 2 aliphatic carbocycles. The number of aliphatic imine (C=N–C) groups is 1. The first-order valence-corrected chi connectivity index (χ1v) is 7.32. The highest BCUT2D eigenvalue weighted by Crippen LogP contribution is 2.47.